The Bertz CT molecular complexity index is 948. The first-order valence-electron chi connectivity index (χ1n) is 8.48. The number of aryl methyl sites for hydroxylation is 1. The van der Waals surface area contributed by atoms with E-state index in [4.69, 9.17) is 4.74 Å². The summed E-state index contributed by atoms with van der Waals surface area (Å²) >= 11 is 0. The molecule has 3 rings (SSSR count). The van der Waals surface area contributed by atoms with E-state index in [9.17, 15) is 9.59 Å². The molecule has 3 aromatic rings. The Hall–Kier alpha value is -3.60. The summed E-state index contributed by atoms with van der Waals surface area (Å²) in [6.45, 7) is 1.97. The van der Waals surface area contributed by atoms with Crippen molar-refractivity contribution in [1.29, 1.82) is 0 Å². The summed E-state index contributed by atoms with van der Waals surface area (Å²) in [6.07, 6.45) is 0. The van der Waals surface area contributed by atoms with Gasteiger partial charge in [0.1, 0.15) is 5.75 Å². The van der Waals surface area contributed by atoms with Crippen molar-refractivity contribution >= 4 is 23.2 Å². The Morgan fingerprint density at radius 3 is 1.70 bits per heavy atom. The van der Waals surface area contributed by atoms with E-state index >= 15 is 0 Å². The molecule has 136 valence electrons. The SMILES string of the molecule is COc1ccc(C(=O)Nc2cccc(NC(=O)c3ccc(C)cc3)c2)cc1. The summed E-state index contributed by atoms with van der Waals surface area (Å²) < 4.78 is 5.09. The van der Waals surface area contributed by atoms with Gasteiger partial charge >= 0.3 is 0 Å². The summed E-state index contributed by atoms with van der Waals surface area (Å²) in [5, 5.41) is 5.66. The van der Waals surface area contributed by atoms with Crippen molar-refractivity contribution in [2.75, 3.05) is 17.7 Å². The molecule has 0 aromatic heterocycles. The number of hydrogen-bond donors (Lipinski definition) is 2. The van der Waals surface area contributed by atoms with Crippen LogP contribution in [-0.4, -0.2) is 18.9 Å². The topological polar surface area (TPSA) is 67.4 Å². The van der Waals surface area contributed by atoms with Gasteiger partial charge in [-0.3, -0.25) is 9.59 Å². The standard InChI is InChI=1S/C22H20N2O3/c1-15-6-8-16(9-7-15)21(25)23-18-4-3-5-19(14-18)24-22(26)17-10-12-20(27-2)13-11-17/h3-14H,1-2H3,(H,23,25)(H,24,26). The molecule has 0 saturated carbocycles. The molecule has 0 radical (unpaired) electrons. The normalized spacial score (nSPS) is 10.1. The van der Waals surface area contributed by atoms with Crippen LogP contribution < -0.4 is 15.4 Å². The van der Waals surface area contributed by atoms with Crippen LogP contribution in [0.1, 0.15) is 26.3 Å². The Labute approximate surface area is 158 Å². The molecule has 0 bridgehead atoms. The number of anilines is 2. The second-order valence-corrected chi connectivity index (χ2v) is 6.08. The molecular formula is C22H20N2O3. The molecule has 0 saturated heterocycles. The smallest absolute Gasteiger partial charge is 0.255 e. The van der Waals surface area contributed by atoms with E-state index in [-0.39, 0.29) is 11.8 Å². The molecule has 0 unspecified atom stereocenters. The van der Waals surface area contributed by atoms with Gasteiger partial charge in [0.25, 0.3) is 11.8 Å². The van der Waals surface area contributed by atoms with Crippen LogP contribution in [0.5, 0.6) is 5.75 Å². The second kappa shape index (κ2) is 8.19. The molecule has 27 heavy (non-hydrogen) atoms. The lowest BCUT2D eigenvalue weighted by Crippen LogP contribution is -2.14. The van der Waals surface area contributed by atoms with Crippen LogP contribution in [0.25, 0.3) is 0 Å². The Morgan fingerprint density at radius 2 is 1.22 bits per heavy atom. The van der Waals surface area contributed by atoms with Gasteiger partial charge in [0.15, 0.2) is 0 Å². The van der Waals surface area contributed by atoms with Crippen LogP contribution in [-0.2, 0) is 0 Å². The molecular weight excluding hydrogens is 340 g/mol. The molecule has 0 aliphatic carbocycles. The van der Waals surface area contributed by atoms with E-state index < -0.39 is 0 Å². The second-order valence-electron chi connectivity index (χ2n) is 6.08. The van der Waals surface area contributed by atoms with Crippen molar-refractivity contribution in [1.82, 2.24) is 0 Å². The number of nitrogens with one attached hydrogen (secondary N) is 2. The Balaban J connectivity index is 1.68. The molecule has 5 nitrogen and oxygen atoms in total. The highest BCUT2D eigenvalue weighted by molar-refractivity contribution is 6.06. The summed E-state index contributed by atoms with van der Waals surface area (Å²) in [5.41, 5.74) is 3.39. The zero-order valence-corrected chi connectivity index (χ0v) is 15.2. The number of rotatable bonds is 5. The number of ether oxygens (including phenoxy) is 1. The fourth-order valence-electron chi connectivity index (χ4n) is 2.53. The first kappa shape index (κ1) is 18.2. The van der Waals surface area contributed by atoms with Crippen molar-refractivity contribution in [3.05, 3.63) is 89.5 Å². The number of amides is 2. The summed E-state index contributed by atoms with van der Waals surface area (Å²) in [4.78, 5) is 24.7. The molecule has 2 N–H and O–H groups in total. The average molecular weight is 360 g/mol. The minimum absolute atomic E-state index is 0.200. The van der Waals surface area contributed by atoms with Crippen molar-refractivity contribution < 1.29 is 14.3 Å². The van der Waals surface area contributed by atoms with Gasteiger partial charge in [0.05, 0.1) is 7.11 Å². The molecule has 0 fully saturated rings. The van der Waals surface area contributed by atoms with Crippen molar-refractivity contribution in [3.8, 4) is 5.75 Å². The summed E-state index contributed by atoms with van der Waals surface area (Å²) in [7, 11) is 1.57. The van der Waals surface area contributed by atoms with Crippen LogP contribution in [0.3, 0.4) is 0 Å². The molecule has 0 heterocycles. The van der Waals surface area contributed by atoms with E-state index in [2.05, 4.69) is 10.6 Å². The first-order valence-corrected chi connectivity index (χ1v) is 8.48. The van der Waals surface area contributed by atoms with E-state index in [1.54, 1.807) is 67.8 Å². The number of carbonyl (C=O) groups excluding carboxylic acids is 2. The average Bonchev–Trinajstić information content (AvgIpc) is 2.68. The molecule has 3 aromatic carbocycles. The third-order valence-electron chi connectivity index (χ3n) is 4.04. The van der Waals surface area contributed by atoms with Gasteiger partial charge in [-0.15, -0.1) is 0 Å². The van der Waals surface area contributed by atoms with Gasteiger partial charge in [-0.2, -0.15) is 0 Å². The third kappa shape index (κ3) is 4.73. The molecule has 0 atom stereocenters. The summed E-state index contributed by atoms with van der Waals surface area (Å²) in [6, 6.07) is 21.2. The minimum atomic E-state index is -0.236. The molecule has 2 amide bonds. The van der Waals surface area contributed by atoms with Crippen molar-refractivity contribution in [3.63, 3.8) is 0 Å². The number of hydrogen-bond acceptors (Lipinski definition) is 3. The zero-order valence-electron chi connectivity index (χ0n) is 15.2. The maximum absolute atomic E-state index is 12.4. The van der Waals surface area contributed by atoms with E-state index in [1.807, 2.05) is 19.1 Å². The molecule has 0 aliphatic rings. The monoisotopic (exact) mass is 360 g/mol. The predicted molar refractivity (Wildman–Crippen MR) is 107 cm³/mol. The van der Waals surface area contributed by atoms with Gasteiger partial charge in [-0.25, -0.2) is 0 Å². The first-order chi connectivity index (χ1) is 13.0. The molecule has 0 aliphatic heterocycles. The lowest BCUT2D eigenvalue weighted by Gasteiger charge is -2.09. The van der Waals surface area contributed by atoms with Crippen LogP contribution in [0.4, 0.5) is 11.4 Å². The Kier molecular flexibility index (Phi) is 5.52. The van der Waals surface area contributed by atoms with Crippen LogP contribution in [0.15, 0.2) is 72.8 Å². The van der Waals surface area contributed by atoms with Gasteiger partial charge in [0.2, 0.25) is 0 Å². The van der Waals surface area contributed by atoms with Gasteiger partial charge in [0, 0.05) is 22.5 Å². The third-order valence-corrected chi connectivity index (χ3v) is 4.04. The van der Waals surface area contributed by atoms with E-state index in [0.717, 1.165) is 5.56 Å². The number of methoxy groups -OCH3 is 1. The van der Waals surface area contributed by atoms with Crippen LogP contribution in [0.2, 0.25) is 0 Å². The highest BCUT2D eigenvalue weighted by Gasteiger charge is 2.09. The highest BCUT2D eigenvalue weighted by Crippen LogP contribution is 2.18. The minimum Gasteiger partial charge on any atom is -0.497 e. The van der Waals surface area contributed by atoms with Gasteiger partial charge in [-0.1, -0.05) is 23.8 Å². The van der Waals surface area contributed by atoms with Crippen molar-refractivity contribution in [2.45, 2.75) is 6.92 Å². The van der Waals surface area contributed by atoms with Gasteiger partial charge < -0.3 is 15.4 Å². The molecule has 0 spiro atoms. The fourth-order valence-corrected chi connectivity index (χ4v) is 2.53. The fraction of sp³-hybridized carbons (Fsp3) is 0.0909. The Morgan fingerprint density at radius 1 is 0.741 bits per heavy atom. The lowest BCUT2D eigenvalue weighted by molar-refractivity contribution is 0.101. The number of benzene rings is 3. The molecule has 5 heteroatoms. The lowest BCUT2D eigenvalue weighted by atomic mass is 10.1. The van der Waals surface area contributed by atoms with E-state index in [0.29, 0.717) is 28.3 Å². The highest BCUT2D eigenvalue weighted by atomic mass is 16.5. The van der Waals surface area contributed by atoms with Crippen molar-refractivity contribution in [2.24, 2.45) is 0 Å². The summed E-state index contributed by atoms with van der Waals surface area (Å²) in [5.74, 6) is 0.251. The van der Waals surface area contributed by atoms with E-state index in [1.165, 1.54) is 0 Å². The van der Waals surface area contributed by atoms with Gasteiger partial charge in [-0.05, 0) is 61.5 Å². The zero-order chi connectivity index (χ0) is 19.2. The number of carbonyl (C=O) groups is 2. The quantitative estimate of drug-likeness (QED) is 0.703. The maximum Gasteiger partial charge on any atom is 0.255 e. The van der Waals surface area contributed by atoms with Crippen LogP contribution >= 0.6 is 0 Å². The van der Waals surface area contributed by atoms with Crippen LogP contribution in [0, 0.1) is 6.92 Å². The predicted octanol–water partition coefficient (Wildman–Crippen LogP) is 4.51. The maximum atomic E-state index is 12.4. The largest absolute Gasteiger partial charge is 0.497 e.